The first-order valence-electron chi connectivity index (χ1n) is 6.06. The van der Waals surface area contributed by atoms with Crippen LogP contribution in [0.5, 0.6) is 0 Å². The van der Waals surface area contributed by atoms with E-state index in [2.05, 4.69) is 9.72 Å². The van der Waals surface area contributed by atoms with Crippen LogP contribution in [0.25, 0.3) is 11.1 Å². The lowest BCUT2D eigenvalue weighted by molar-refractivity contribution is -0.143. The third-order valence-electron chi connectivity index (χ3n) is 2.99. The molecule has 5 nitrogen and oxygen atoms in total. The van der Waals surface area contributed by atoms with Gasteiger partial charge in [0.1, 0.15) is 11.4 Å². The first-order chi connectivity index (χ1) is 9.06. The molecule has 0 amide bonds. The van der Waals surface area contributed by atoms with Gasteiger partial charge in [0.2, 0.25) is 0 Å². The highest BCUT2D eigenvalue weighted by Crippen LogP contribution is 2.20. The molecule has 1 atom stereocenters. The number of fused-ring (bicyclic) bond motifs is 1. The second kappa shape index (κ2) is 5.22. The Bertz CT molecular complexity index is 629. The molecule has 0 saturated carbocycles. The zero-order valence-electron chi connectivity index (χ0n) is 11.1. The number of ketones is 1. The maximum absolute atomic E-state index is 12.3. The molecule has 19 heavy (non-hydrogen) atoms. The third-order valence-corrected chi connectivity index (χ3v) is 2.99. The number of ether oxygens (including phenoxy) is 1. The lowest BCUT2D eigenvalue weighted by atomic mass is 9.95. The number of hydrogen-bond acceptors (Lipinski definition) is 5. The van der Waals surface area contributed by atoms with E-state index < -0.39 is 11.9 Å². The normalized spacial score (nSPS) is 12.4. The monoisotopic (exact) mass is 261 g/mol. The topological polar surface area (TPSA) is 69.4 Å². The van der Waals surface area contributed by atoms with E-state index in [4.69, 9.17) is 4.42 Å². The molecule has 1 heterocycles. The number of aromatic nitrogens is 1. The lowest BCUT2D eigenvalue weighted by Gasteiger charge is -2.10. The number of esters is 1. The SMILES string of the molecule is CCC(C(=O)OC)C(=O)c1ccc2oc(C)nc2c1. The molecule has 5 heteroatoms. The summed E-state index contributed by atoms with van der Waals surface area (Å²) >= 11 is 0. The number of benzene rings is 1. The number of carbonyl (C=O) groups excluding carboxylic acids is 2. The minimum Gasteiger partial charge on any atom is -0.468 e. The number of methoxy groups -OCH3 is 1. The Labute approximate surface area is 110 Å². The second-order valence-electron chi connectivity index (χ2n) is 4.26. The minimum atomic E-state index is -0.768. The molecule has 0 aliphatic carbocycles. The molecule has 1 unspecified atom stereocenters. The number of hydrogen-bond donors (Lipinski definition) is 0. The fourth-order valence-electron chi connectivity index (χ4n) is 2.00. The van der Waals surface area contributed by atoms with E-state index in [0.717, 1.165) is 0 Å². The van der Waals surface area contributed by atoms with Gasteiger partial charge in [0.15, 0.2) is 17.3 Å². The van der Waals surface area contributed by atoms with E-state index >= 15 is 0 Å². The quantitative estimate of drug-likeness (QED) is 0.480. The van der Waals surface area contributed by atoms with Gasteiger partial charge in [-0.25, -0.2) is 4.98 Å². The highest BCUT2D eigenvalue weighted by atomic mass is 16.5. The van der Waals surface area contributed by atoms with E-state index in [1.807, 2.05) is 0 Å². The van der Waals surface area contributed by atoms with Crippen LogP contribution in [0.4, 0.5) is 0 Å². The number of oxazole rings is 1. The van der Waals surface area contributed by atoms with Crippen molar-refractivity contribution >= 4 is 22.9 Å². The van der Waals surface area contributed by atoms with E-state index in [1.165, 1.54) is 7.11 Å². The van der Waals surface area contributed by atoms with Crippen LogP contribution in [0, 0.1) is 12.8 Å². The van der Waals surface area contributed by atoms with Crippen molar-refractivity contribution in [3.05, 3.63) is 29.7 Å². The van der Waals surface area contributed by atoms with Crippen molar-refractivity contribution < 1.29 is 18.7 Å². The largest absolute Gasteiger partial charge is 0.468 e. The summed E-state index contributed by atoms with van der Waals surface area (Å²) in [6.45, 7) is 3.52. The number of aryl methyl sites for hydroxylation is 1. The molecule has 0 spiro atoms. The van der Waals surface area contributed by atoms with Crippen molar-refractivity contribution in [2.75, 3.05) is 7.11 Å². The fourth-order valence-corrected chi connectivity index (χ4v) is 2.00. The van der Waals surface area contributed by atoms with Gasteiger partial charge in [0, 0.05) is 12.5 Å². The van der Waals surface area contributed by atoms with Crippen LogP contribution in [0.3, 0.4) is 0 Å². The molecule has 0 N–H and O–H groups in total. The molecule has 0 saturated heterocycles. The van der Waals surface area contributed by atoms with Gasteiger partial charge >= 0.3 is 5.97 Å². The summed E-state index contributed by atoms with van der Waals surface area (Å²) < 4.78 is 9.99. The molecular weight excluding hydrogens is 246 g/mol. The van der Waals surface area contributed by atoms with Gasteiger partial charge in [-0.1, -0.05) is 6.92 Å². The fraction of sp³-hybridized carbons (Fsp3) is 0.357. The van der Waals surface area contributed by atoms with Gasteiger partial charge in [-0.05, 0) is 24.6 Å². The summed E-state index contributed by atoms with van der Waals surface area (Å²) in [6, 6.07) is 4.97. The molecule has 0 aliphatic heterocycles. The Balaban J connectivity index is 2.37. The van der Waals surface area contributed by atoms with Crippen molar-refractivity contribution in [2.24, 2.45) is 5.92 Å². The van der Waals surface area contributed by atoms with Crippen LogP contribution in [-0.2, 0) is 9.53 Å². The van der Waals surface area contributed by atoms with E-state index in [1.54, 1.807) is 32.0 Å². The molecule has 0 radical (unpaired) electrons. The maximum atomic E-state index is 12.3. The van der Waals surface area contributed by atoms with Crippen molar-refractivity contribution in [2.45, 2.75) is 20.3 Å². The second-order valence-corrected chi connectivity index (χ2v) is 4.26. The highest BCUT2D eigenvalue weighted by Gasteiger charge is 2.27. The summed E-state index contributed by atoms with van der Waals surface area (Å²) in [5, 5.41) is 0. The molecule has 0 aliphatic rings. The van der Waals surface area contributed by atoms with Crippen molar-refractivity contribution in [3.63, 3.8) is 0 Å². The van der Waals surface area contributed by atoms with Gasteiger partial charge < -0.3 is 9.15 Å². The van der Waals surface area contributed by atoms with Gasteiger partial charge in [0.25, 0.3) is 0 Å². The molecule has 0 fully saturated rings. The van der Waals surface area contributed by atoms with Gasteiger partial charge in [-0.2, -0.15) is 0 Å². The lowest BCUT2D eigenvalue weighted by Crippen LogP contribution is -2.24. The summed E-state index contributed by atoms with van der Waals surface area (Å²) in [5.41, 5.74) is 1.68. The molecule has 2 rings (SSSR count). The Kier molecular flexibility index (Phi) is 3.64. The average Bonchev–Trinajstić information content (AvgIpc) is 2.77. The van der Waals surface area contributed by atoms with Crippen LogP contribution < -0.4 is 0 Å². The summed E-state index contributed by atoms with van der Waals surface area (Å²) in [4.78, 5) is 28.0. The Morgan fingerprint density at radius 3 is 2.79 bits per heavy atom. The molecule has 0 bridgehead atoms. The number of rotatable bonds is 4. The number of nitrogens with zero attached hydrogens (tertiary/aromatic N) is 1. The van der Waals surface area contributed by atoms with Crippen molar-refractivity contribution in [1.29, 1.82) is 0 Å². The highest BCUT2D eigenvalue weighted by molar-refractivity contribution is 6.09. The summed E-state index contributed by atoms with van der Waals surface area (Å²) in [6.07, 6.45) is 0.404. The Morgan fingerprint density at radius 1 is 1.42 bits per heavy atom. The standard InChI is InChI=1S/C14H15NO4/c1-4-10(14(17)18-3)13(16)9-5-6-12-11(7-9)15-8(2)19-12/h5-7,10H,4H2,1-3H3. The molecule has 2 aromatic rings. The van der Waals surface area contributed by atoms with Crippen LogP contribution in [0.2, 0.25) is 0 Å². The van der Waals surface area contributed by atoms with Crippen LogP contribution in [-0.4, -0.2) is 23.8 Å². The van der Waals surface area contributed by atoms with Gasteiger partial charge in [-0.3, -0.25) is 9.59 Å². The predicted molar refractivity (Wildman–Crippen MR) is 68.9 cm³/mol. The van der Waals surface area contributed by atoms with Crippen LogP contribution >= 0.6 is 0 Å². The Hall–Kier alpha value is -2.17. The Morgan fingerprint density at radius 2 is 2.16 bits per heavy atom. The maximum Gasteiger partial charge on any atom is 0.316 e. The molecule has 100 valence electrons. The number of carbonyl (C=O) groups is 2. The van der Waals surface area contributed by atoms with E-state index in [9.17, 15) is 9.59 Å². The first kappa shape index (κ1) is 13.3. The van der Waals surface area contributed by atoms with Crippen molar-refractivity contribution in [3.8, 4) is 0 Å². The predicted octanol–water partition coefficient (Wildman–Crippen LogP) is 2.52. The molecule has 1 aromatic carbocycles. The zero-order chi connectivity index (χ0) is 14.0. The third kappa shape index (κ3) is 2.50. The number of Topliss-reactive ketones (excluding diaryl/α,β-unsaturated/α-hetero) is 1. The molecule has 1 aromatic heterocycles. The van der Waals surface area contributed by atoms with Crippen molar-refractivity contribution in [1.82, 2.24) is 4.98 Å². The van der Waals surface area contributed by atoms with Gasteiger partial charge in [0.05, 0.1) is 7.11 Å². The smallest absolute Gasteiger partial charge is 0.316 e. The van der Waals surface area contributed by atoms with Gasteiger partial charge in [-0.15, -0.1) is 0 Å². The molecular formula is C14H15NO4. The van der Waals surface area contributed by atoms with E-state index in [-0.39, 0.29) is 5.78 Å². The van der Waals surface area contributed by atoms with Crippen LogP contribution in [0.1, 0.15) is 29.6 Å². The summed E-state index contributed by atoms with van der Waals surface area (Å²) in [5.74, 6) is -0.990. The van der Waals surface area contributed by atoms with E-state index in [0.29, 0.717) is 29.0 Å². The first-order valence-corrected chi connectivity index (χ1v) is 6.06. The van der Waals surface area contributed by atoms with Crippen LogP contribution in [0.15, 0.2) is 22.6 Å². The minimum absolute atomic E-state index is 0.253. The average molecular weight is 261 g/mol. The summed E-state index contributed by atoms with van der Waals surface area (Å²) in [7, 11) is 1.28. The zero-order valence-corrected chi connectivity index (χ0v) is 11.1.